The van der Waals surface area contributed by atoms with Gasteiger partial charge in [0.2, 0.25) is 10.0 Å². The lowest BCUT2D eigenvalue weighted by molar-refractivity contribution is 0.369. The van der Waals surface area contributed by atoms with Crippen LogP contribution in [0, 0.1) is 12.8 Å². The summed E-state index contributed by atoms with van der Waals surface area (Å²) in [6.45, 7) is 2.53. The second-order valence-corrected chi connectivity index (χ2v) is 8.06. The molecular weight excluding hydrogens is 294 g/mol. The first-order chi connectivity index (χ1) is 9.48. The summed E-state index contributed by atoms with van der Waals surface area (Å²) in [5, 5.41) is 0.0401. The Bertz CT molecular complexity index is 624. The summed E-state index contributed by atoms with van der Waals surface area (Å²) in [5.74, 6) is 0.350. The fourth-order valence-corrected chi connectivity index (χ4v) is 5.06. The molecule has 1 aliphatic heterocycles. The molecule has 0 radical (unpaired) electrons. The quantitative estimate of drug-likeness (QED) is 0.622. The molecule has 1 heterocycles. The number of sulfonamides is 1. The SMILES string of the molecule is Cc1ccc(S(=O)(=O)N2CCC3CC(Cl)C=CC32)cc1. The third-order valence-corrected chi connectivity index (χ3v) is 6.44. The molecule has 2 aliphatic rings. The molecule has 1 fully saturated rings. The number of alkyl halides is 1. The highest BCUT2D eigenvalue weighted by atomic mass is 35.5. The van der Waals surface area contributed by atoms with Crippen LogP contribution in [0.25, 0.3) is 0 Å². The number of hydrogen-bond acceptors (Lipinski definition) is 2. The molecule has 20 heavy (non-hydrogen) atoms. The zero-order valence-electron chi connectivity index (χ0n) is 11.4. The first-order valence-corrected chi connectivity index (χ1v) is 8.77. The van der Waals surface area contributed by atoms with Gasteiger partial charge in [0.05, 0.1) is 10.3 Å². The summed E-state index contributed by atoms with van der Waals surface area (Å²) in [7, 11) is -3.40. The van der Waals surface area contributed by atoms with Gasteiger partial charge in [-0.1, -0.05) is 29.8 Å². The predicted octanol–water partition coefficient (Wildman–Crippen LogP) is 2.94. The van der Waals surface area contributed by atoms with Gasteiger partial charge in [0.15, 0.2) is 0 Å². The highest BCUT2D eigenvalue weighted by Gasteiger charge is 2.42. The Labute approximate surface area is 125 Å². The van der Waals surface area contributed by atoms with Crippen molar-refractivity contribution >= 4 is 21.6 Å². The third-order valence-electron chi connectivity index (χ3n) is 4.21. The molecule has 1 aromatic carbocycles. The number of aryl methyl sites for hydroxylation is 1. The van der Waals surface area contributed by atoms with Crippen molar-refractivity contribution in [1.29, 1.82) is 0 Å². The second-order valence-electron chi connectivity index (χ2n) is 5.60. The van der Waals surface area contributed by atoms with Crippen molar-refractivity contribution in [3.05, 3.63) is 42.0 Å². The van der Waals surface area contributed by atoms with Gasteiger partial charge in [-0.05, 0) is 37.8 Å². The fourth-order valence-electron chi connectivity index (χ4n) is 3.09. The van der Waals surface area contributed by atoms with E-state index in [1.54, 1.807) is 16.4 Å². The van der Waals surface area contributed by atoms with Gasteiger partial charge >= 0.3 is 0 Å². The minimum atomic E-state index is -3.40. The van der Waals surface area contributed by atoms with Gasteiger partial charge in [0.1, 0.15) is 0 Å². The normalized spacial score (nSPS) is 30.4. The monoisotopic (exact) mass is 311 g/mol. The van der Waals surface area contributed by atoms with Crippen LogP contribution >= 0.6 is 11.6 Å². The van der Waals surface area contributed by atoms with Gasteiger partial charge in [0.25, 0.3) is 0 Å². The van der Waals surface area contributed by atoms with Crippen LogP contribution in [0.5, 0.6) is 0 Å². The van der Waals surface area contributed by atoms with E-state index in [1.165, 1.54) is 0 Å². The second kappa shape index (κ2) is 5.17. The summed E-state index contributed by atoms with van der Waals surface area (Å²) in [4.78, 5) is 0.380. The van der Waals surface area contributed by atoms with Crippen molar-refractivity contribution in [2.24, 2.45) is 5.92 Å². The molecule has 108 valence electrons. The maximum atomic E-state index is 12.7. The van der Waals surface area contributed by atoms with Crippen molar-refractivity contribution in [2.75, 3.05) is 6.54 Å². The Balaban J connectivity index is 1.92. The van der Waals surface area contributed by atoms with E-state index in [2.05, 4.69) is 0 Å². The molecule has 3 atom stereocenters. The Morgan fingerprint density at radius 3 is 2.60 bits per heavy atom. The lowest BCUT2D eigenvalue weighted by atomic mass is 9.90. The van der Waals surface area contributed by atoms with E-state index >= 15 is 0 Å². The van der Waals surface area contributed by atoms with Crippen LogP contribution in [-0.2, 0) is 10.0 Å². The number of fused-ring (bicyclic) bond motifs is 1. The molecule has 0 amide bonds. The average Bonchev–Trinajstić information content (AvgIpc) is 2.82. The zero-order chi connectivity index (χ0) is 14.3. The highest BCUT2D eigenvalue weighted by Crippen LogP contribution is 2.37. The van der Waals surface area contributed by atoms with E-state index in [-0.39, 0.29) is 11.4 Å². The van der Waals surface area contributed by atoms with Crippen molar-refractivity contribution in [3.63, 3.8) is 0 Å². The molecule has 1 aromatic rings. The summed E-state index contributed by atoms with van der Waals surface area (Å²) in [6.07, 6.45) is 5.64. The van der Waals surface area contributed by atoms with Crippen molar-refractivity contribution in [3.8, 4) is 0 Å². The van der Waals surface area contributed by atoms with E-state index in [0.717, 1.165) is 18.4 Å². The summed E-state index contributed by atoms with van der Waals surface area (Å²) >= 11 is 6.12. The molecule has 0 saturated carbocycles. The van der Waals surface area contributed by atoms with Crippen LogP contribution in [-0.4, -0.2) is 30.7 Å². The number of hydrogen-bond donors (Lipinski definition) is 0. The molecule has 5 heteroatoms. The first kappa shape index (κ1) is 14.1. The molecule has 0 N–H and O–H groups in total. The largest absolute Gasteiger partial charge is 0.243 e. The van der Waals surface area contributed by atoms with Crippen molar-refractivity contribution < 1.29 is 8.42 Å². The Kier molecular flexibility index (Phi) is 3.65. The summed E-state index contributed by atoms with van der Waals surface area (Å²) in [5.41, 5.74) is 1.06. The molecule has 0 aromatic heterocycles. The smallest absolute Gasteiger partial charge is 0.207 e. The van der Waals surface area contributed by atoms with Gasteiger partial charge in [0, 0.05) is 12.6 Å². The molecule has 0 bridgehead atoms. The molecule has 0 spiro atoms. The van der Waals surface area contributed by atoms with Gasteiger partial charge < -0.3 is 0 Å². The van der Waals surface area contributed by atoms with E-state index in [0.29, 0.717) is 17.4 Å². The maximum Gasteiger partial charge on any atom is 0.243 e. The van der Waals surface area contributed by atoms with E-state index in [9.17, 15) is 8.42 Å². The predicted molar refractivity (Wildman–Crippen MR) is 80.4 cm³/mol. The van der Waals surface area contributed by atoms with E-state index in [4.69, 9.17) is 11.6 Å². The van der Waals surface area contributed by atoms with Gasteiger partial charge in [-0.25, -0.2) is 8.42 Å². The number of halogens is 1. The lowest BCUT2D eigenvalue weighted by Gasteiger charge is -2.28. The number of rotatable bonds is 2. The van der Waals surface area contributed by atoms with Gasteiger partial charge in [-0.3, -0.25) is 0 Å². The maximum absolute atomic E-state index is 12.7. The minimum absolute atomic E-state index is 0.0312. The summed E-state index contributed by atoms with van der Waals surface area (Å²) < 4.78 is 27.1. The van der Waals surface area contributed by atoms with Crippen LogP contribution in [0.3, 0.4) is 0 Å². The van der Waals surface area contributed by atoms with Crippen LogP contribution in [0.4, 0.5) is 0 Å². The molecule has 3 rings (SSSR count). The van der Waals surface area contributed by atoms with Crippen molar-refractivity contribution in [1.82, 2.24) is 4.31 Å². The van der Waals surface area contributed by atoms with Gasteiger partial charge in [-0.2, -0.15) is 4.31 Å². The standard InChI is InChI=1S/C15H18ClNO2S/c1-11-2-5-14(6-3-11)20(18,19)17-9-8-12-10-13(16)4-7-15(12)17/h2-7,12-13,15H,8-10H2,1H3. The fraction of sp³-hybridized carbons (Fsp3) is 0.467. The molecule has 3 unspecified atom stereocenters. The van der Waals surface area contributed by atoms with E-state index in [1.807, 2.05) is 31.2 Å². The Hall–Kier alpha value is -0.840. The van der Waals surface area contributed by atoms with Crippen molar-refractivity contribution in [2.45, 2.75) is 36.1 Å². The highest BCUT2D eigenvalue weighted by molar-refractivity contribution is 7.89. The Morgan fingerprint density at radius 2 is 1.90 bits per heavy atom. The van der Waals surface area contributed by atoms with E-state index < -0.39 is 10.0 Å². The summed E-state index contributed by atoms with van der Waals surface area (Å²) in [6, 6.07) is 7.03. The van der Waals surface area contributed by atoms with Crippen LogP contribution in [0.2, 0.25) is 0 Å². The average molecular weight is 312 g/mol. The Morgan fingerprint density at radius 1 is 1.20 bits per heavy atom. The number of benzene rings is 1. The van der Waals surface area contributed by atoms with Crippen LogP contribution < -0.4 is 0 Å². The molecule has 3 nitrogen and oxygen atoms in total. The number of nitrogens with zero attached hydrogens (tertiary/aromatic N) is 1. The molecule has 1 saturated heterocycles. The van der Waals surface area contributed by atoms with Gasteiger partial charge in [-0.15, -0.1) is 11.6 Å². The third kappa shape index (κ3) is 2.41. The zero-order valence-corrected chi connectivity index (χ0v) is 12.9. The first-order valence-electron chi connectivity index (χ1n) is 6.89. The number of allylic oxidation sites excluding steroid dienone is 1. The topological polar surface area (TPSA) is 37.4 Å². The molecular formula is C15H18ClNO2S. The molecule has 1 aliphatic carbocycles. The minimum Gasteiger partial charge on any atom is -0.207 e. The van der Waals surface area contributed by atoms with Crippen LogP contribution in [0.15, 0.2) is 41.3 Å². The lowest BCUT2D eigenvalue weighted by Crippen LogP contribution is -2.38. The van der Waals surface area contributed by atoms with Crippen LogP contribution in [0.1, 0.15) is 18.4 Å².